The van der Waals surface area contributed by atoms with Crippen molar-refractivity contribution in [3.05, 3.63) is 0 Å². The predicted octanol–water partition coefficient (Wildman–Crippen LogP) is -0.406. The molecule has 90 valence electrons. The van der Waals surface area contributed by atoms with Gasteiger partial charge in [0, 0.05) is 25.6 Å². The zero-order chi connectivity index (χ0) is 11.7. The first kappa shape index (κ1) is 14.3. The van der Waals surface area contributed by atoms with Crippen LogP contribution in [-0.2, 0) is 9.53 Å². The van der Waals surface area contributed by atoms with Crippen molar-refractivity contribution in [3.8, 4) is 0 Å². The van der Waals surface area contributed by atoms with E-state index >= 15 is 0 Å². The highest BCUT2D eigenvalue weighted by atomic mass is 16.5. The fourth-order valence-electron chi connectivity index (χ4n) is 1.54. The molecule has 0 radical (unpaired) electrons. The number of methoxy groups -OCH3 is 1. The van der Waals surface area contributed by atoms with Crippen LogP contribution in [0.25, 0.3) is 0 Å². The number of nitrogens with two attached hydrogens (primary N) is 2. The van der Waals surface area contributed by atoms with E-state index in [-0.39, 0.29) is 18.0 Å². The van der Waals surface area contributed by atoms with Crippen molar-refractivity contribution in [1.82, 2.24) is 5.32 Å². The van der Waals surface area contributed by atoms with Crippen LogP contribution >= 0.6 is 0 Å². The second-order valence-corrected chi connectivity index (χ2v) is 3.82. The van der Waals surface area contributed by atoms with Crippen molar-refractivity contribution >= 4 is 5.91 Å². The molecule has 0 saturated carbocycles. The maximum atomic E-state index is 10.7. The van der Waals surface area contributed by atoms with E-state index in [1.165, 1.54) is 0 Å². The third kappa shape index (κ3) is 8.35. The molecule has 5 nitrogen and oxygen atoms in total. The zero-order valence-electron chi connectivity index (χ0n) is 9.66. The Morgan fingerprint density at radius 1 is 1.53 bits per heavy atom. The minimum atomic E-state index is -0.287. The number of carbonyl (C=O) groups is 1. The third-order valence-corrected chi connectivity index (χ3v) is 2.15. The van der Waals surface area contributed by atoms with Crippen LogP contribution in [0.5, 0.6) is 0 Å². The average Bonchev–Trinajstić information content (AvgIpc) is 2.13. The molecule has 0 aromatic heterocycles. The van der Waals surface area contributed by atoms with Crippen LogP contribution in [0.4, 0.5) is 0 Å². The van der Waals surface area contributed by atoms with Crippen LogP contribution in [-0.4, -0.2) is 38.3 Å². The first-order valence-corrected chi connectivity index (χ1v) is 5.33. The summed E-state index contributed by atoms with van der Waals surface area (Å²) in [7, 11) is 1.66. The van der Waals surface area contributed by atoms with Gasteiger partial charge in [0.1, 0.15) is 0 Å². The molecular formula is C10H23N3O2. The quantitative estimate of drug-likeness (QED) is 0.490. The minimum Gasteiger partial charge on any atom is -0.383 e. The summed E-state index contributed by atoms with van der Waals surface area (Å²) >= 11 is 0. The lowest BCUT2D eigenvalue weighted by Crippen LogP contribution is -2.41. The number of rotatable bonds is 9. The van der Waals surface area contributed by atoms with E-state index in [0.717, 1.165) is 12.8 Å². The van der Waals surface area contributed by atoms with E-state index < -0.39 is 0 Å². The van der Waals surface area contributed by atoms with Gasteiger partial charge in [-0.2, -0.15) is 0 Å². The van der Waals surface area contributed by atoms with Crippen molar-refractivity contribution in [2.75, 3.05) is 20.3 Å². The molecule has 1 amide bonds. The Balaban J connectivity index is 3.85. The Kier molecular flexibility index (Phi) is 8.27. The maximum absolute atomic E-state index is 10.7. The molecule has 0 spiro atoms. The van der Waals surface area contributed by atoms with E-state index in [9.17, 15) is 4.79 Å². The molecule has 2 unspecified atom stereocenters. The van der Waals surface area contributed by atoms with E-state index in [2.05, 4.69) is 5.32 Å². The number of carbonyl (C=O) groups excluding carboxylic acids is 1. The van der Waals surface area contributed by atoms with E-state index in [1.54, 1.807) is 7.11 Å². The van der Waals surface area contributed by atoms with Gasteiger partial charge in [0.2, 0.25) is 5.91 Å². The van der Waals surface area contributed by atoms with Gasteiger partial charge in [0.25, 0.3) is 0 Å². The normalized spacial score (nSPS) is 14.9. The molecule has 0 aliphatic rings. The number of nitrogens with one attached hydrogen (secondary N) is 1. The smallest absolute Gasteiger partial charge is 0.218 e. The number of amides is 1. The largest absolute Gasteiger partial charge is 0.383 e. The first-order chi connectivity index (χ1) is 7.10. The molecule has 0 aliphatic heterocycles. The summed E-state index contributed by atoms with van der Waals surface area (Å²) in [6.45, 7) is 3.24. The number of hydrogen-bond acceptors (Lipinski definition) is 4. The van der Waals surface area contributed by atoms with E-state index in [0.29, 0.717) is 19.6 Å². The van der Waals surface area contributed by atoms with Crippen LogP contribution in [0, 0.1) is 0 Å². The summed E-state index contributed by atoms with van der Waals surface area (Å²) in [4.78, 5) is 10.7. The van der Waals surface area contributed by atoms with Gasteiger partial charge in [-0.3, -0.25) is 4.79 Å². The molecule has 0 aromatic carbocycles. The summed E-state index contributed by atoms with van der Waals surface area (Å²) in [5, 5.41) is 3.30. The van der Waals surface area contributed by atoms with Crippen molar-refractivity contribution in [1.29, 1.82) is 0 Å². The average molecular weight is 217 g/mol. The Hall–Kier alpha value is -0.650. The fourth-order valence-corrected chi connectivity index (χ4v) is 1.54. The number of hydrogen-bond donors (Lipinski definition) is 3. The molecular weight excluding hydrogens is 194 g/mol. The van der Waals surface area contributed by atoms with Gasteiger partial charge in [0.15, 0.2) is 0 Å². The topological polar surface area (TPSA) is 90.4 Å². The molecule has 0 heterocycles. The van der Waals surface area contributed by atoms with Gasteiger partial charge in [0.05, 0.1) is 6.61 Å². The highest BCUT2D eigenvalue weighted by Gasteiger charge is 2.12. The molecule has 2 atom stereocenters. The molecule has 0 aromatic rings. The molecule has 0 saturated heterocycles. The van der Waals surface area contributed by atoms with E-state index in [1.807, 2.05) is 6.92 Å². The standard InChI is InChI=1S/C10H23N3O2/c1-8(6-10(12)14)13-9(7-15-2)4-3-5-11/h8-9,13H,3-7,11H2,1-2H3,(H2,12,14). The lowest BCUT2D eigenvalue weighted by Gasteiger charge is -2.21. The van der Waals surface area contributed by atoms with Crippen LogP contribution in [0.2, 0.25) is 0 Å². The van der Waals surface area contributed by atoms with Crippen LogP contribution in [0.1, 0.15) is 26.2 Å². The van der Waals surface area contributed by atoms with Gasteiger partial charge >= 0.3 is 0 Å². The van der Waals surface area contributed by atoms with Crippen LogP contribution in [0.15, 0.2) is 0 Å². The Morgan fingerprint density at radius 3 is 2.67 bits per heavy atom. The van der Waals surface area contributed by atoms with Crippen molar-refractivity contribution in [2.24, 2.45) is 11.5 Å². The first-order valence-electron chi connectivity index (χ1n) is 5.33. The monoisotopic (exact) mass is 217 g/mol. The van der Waals surface area contributed by atoms with Gasteiger partial charge in [-0.25, -0.2) is 0 Å². The Labute approximate surface area is 91.5 Å². The molecule has 15 heavy (non-hydrogen) atoms. The number of primary amides is 1. The molecule has 5 heteroatoms. The van der Waals surface area contributed by atoms with Crippen LogP contribution in [0.3, 0.4) is 0 Å². The van der Waals surface area contributed by atoms with Crippen LogP contribution < -0.4 is 16.8 Å². The minimum absolute atomic E-state index is 0.0837. The summed E-state index contributed by atoms with van der Waals surface area (Å²) < 4.78 is 5.09. The van der Waals surface area contributed by atoms with Gasteiger partial charge in [-0.15, -0.1) is 0 Å². The molecule has 0 aliphatic carbocycles. The van der Waals surface area contributed by atoms with Gasteiger partial charge in [-0.05, 0) is 26.3 Å². The second kappa shape index (κ2) is 8.64. The Bertz CT molecular complexity index is 176. The summed E-state index contributed by atoms with van der Waals surface area (Å²) in [6, 6.07) is 0.327. The second-order valence-electron chi connectivity index (χ2n) is 3.82. The highest BCUT2D eigenvalue weighted by Crippen LogP contribution is 2.00. The zero-order valence-corrected chi connectivity index (χ0v) is 9.66. The van der Waals surface area contributed by atoms with Gasteiger partial charge in [-0.1, -0.05) is 0 Å². The highest BCUT2D eigenvalue weighted by molar-refractivity contribution is 5.74. The molecule has 5 N–H and O–H groups in total. The molecule has 0 fully saturated rings. The summed E-state index contributed by atoms with van der Waals surface area (Å²) in [6.07, 6.45) is 2.25. The number of ether oxygens (including phenoxy) is 1. The summed E-state index contributed by atoms with van der Waals surface area (Å²) in [5.74, 6) is -0.287. The lowest BCUT2D eigenvalue weighted by atomic mass is 10.1. The van der Waals surface area contributed by atoms with Crippen molar-refractivity contribution < 1.29 is 9.53 Å². The Morgan fingerprint density at radius 2 is 2.20 bits per heavy atom. The fraction of sp³-hybridized carbons (Fsp3) is 0.900. The maximum Gasteiger partial charge on any atom is 0.218 e. The van der Waals surface area contributed by atoms with Gasteiger partial charge < -0.3 is 21.5 Å². The van der Waals surface area contributed by atoms with E-state index in [4.69, 9.17) is 16.2 Å². The van der Waals surface area contributed by atoms with Crippen molar-refractivity contribution in [3.63, 3.8) is 0 Å². The lowest BCUT2D eigenvalue weighted by molar-refractivity contribution is -0.118. The third-order valence-electron chi connectivity index (χ3n) is 2.15. The summed E-state index contributed by atoms with van der Waals surface area (Å²) in [5.41, 5.74) is 10.6. The molecule has 0 rings (SSSR count). The molecule has 0 bridgehead atoms. The predicted molar refractivity (Wildman–Crippen MR) is 60.4 cm³/mol. The SMILES string of the molecule is COCC(CCCN)NC(C)CC(N)=O. The van der Waals surface area contributed by atoms with Crippen molar-refractivity contribution in [2.45, 2.75) is 38.3 Å².